The number of carbonyl (C=O) groups excluding carboxylic acids is 1. The Hall–Kier alpha value is -1.12. The van der Waals surface area contributed by atoms with Crippen LogP contribution in [0.25, 0.3) is 0 Å². The first-order valence-corrected chi connectivity index (χ1v) is 10.6. The SMILES string of the molecule is CCCCO[C@H]1C2O[C@H](c3ccccc3)O[C@H]2C(C(=O)OC)O[C@H]1SCC. The van der Waals surface area contributed by atoms with Crippen LogP contribution in [0.3, 0.4) is 0 Å². The Bertz CT molecular complexity index is 597. The minimum Gasteiger partial charge on any atom is -0.467 e. The molecule has 2 aliphatic rings. The molecule has 2 heterocycles. The van der Waals surface area contributed by atoms with Crippen molar-refractivity contribution in [3.8, 4) is 0 Å². The Labute approximate surface area is 164 Å². The monoisotopic (exact) mass is 396 g/mol. The molecule has 2 unspecified atom stereocenters. The predicted molar refractivity (Wildman–Crippen MR) is 102 cm³/mol. The normalized spacial score (nSPS) is 32.9. The topological polar surface area (TPSA) is 63.2 Å². The summed E-state index contributed by atoms with van der Waals surface area (Å²) in [6.07, 6.45) is -0.649. The van der Waals surface area contributed by atoms with E-state index in [1.54, 1.807) is 11.8 Å². The lowest BCUT2D eigenvalue weighted by molar-refractivity contribution is -0.196. The molecule has 0 aromatic heterocycles. The number of rotatable bonds is 8. The standard InChI is InChI=1S/C20H28O6S/c1-4-6-12-23-17-15-14(16(18(21)22-3)26-20(17)27-5-2)24-19(25-15)13-10-8-7-9-11-13/h7-11,14-17,19-20H,4-6,12H2,1-3H3/t14-,15?,16?,17+,19-,20+/m1/s1. The van der Waals surface area contributed by atoms with E-state index in [1.807, 2.05) is 30.3 Å². The zero-order valence-electron chi connectivity index (χ0n) is 16.0. The summed E-state index contributed by atoms with van der Waals surface area (Å²) in [6.45, 7) is 4.79. The van der Waals surface area contributed by atoms with Gasteiger partial charge in [0, 0.05) is 12.2 Å². The van der Waals surface area contributed by atoms with Crippen molar-refractivity contribution < 1.29 is 28.5 Å². The van der Waals surface area contributed by atoms with Gasteiger partial charge in [0.1, 0.15) is 23.7 Å². The van der Waals surface area contributed by atoms with Gasteiger partial charge in [-0.15, -0.1) is 11.8 Å². The fourth-order valence-corrected chi connectivity index (χ4v) is 4.29. The first-order valence-electron chi connectivity index (χ1n) is 9.52. The molecule has 2 saturated heterocycles. The first kappa shape index (κ1) is 20.6. The highest BCUT2D eigenvalue weighted by atomic mass is 32.2. The van der Waals surface area contributed by atoms with Gasteiger partial charge in [-0.3, -0.25) is 0 Å². The van der Waals surface area contributed by atoms with Crippen LogP contribution >= 0.6 is 11.8 Å². The number of thioether (sulfide) groups is 1. The minimum absolute atomic E-state index is 0.305. The van der Waals surface area contributed by atoms with E-state index in [0.717, 1.165) is 24.2 Å². The predicted octanol–water partition coefficient (Wildman–Crippen LogP) is 3.31. The third kappa shape index (κ3) is 4.66. The van der Waals surface area contributed by atoms with Crippen molar-refractivity contribution in [2.24, 2.45) is 0 Å². The van der Waals surface area contributed by atoms with Gasteiger partial charge in [0.25, 0.3) is 0 Å². The first-order chi connectivity index (χ1) is 13.2. The smallest absolute Gasteiger partial charge is 0.337 e. The van der Waals surface area contributed by atoms with E-state index in [0.29, 0.717) is 6.61 Å². The molecule has 7 heteroatoms. The lowest BCUT2D eigenvalue weighted by Gasteiger charge is -2.40. The molecule has 0 radical (unpaired) electrons. The van der Waals surface area contributed by atoms with E-state index >= 15 is 0 Å². The lowest BCUT2D eigenvalue weighted by Crippen LogP contribution is -2.58. The van der Waals surface area contributed by atoms with Crippen molar-refractivity contribution in [3.05, 3.63) is 35.9 Å². The summed E-state index contributed by atoms with van der Waals surface area (Å²) >= 11 is 1.61. The van der Waals surface area contributed by atoms with Crippen molar-refractivity contribution in [1.29, 1.82) is 0 Å². The third-order valence-corrected chi connectivity index (χ3v) is 5.74. The van der Waals surface area contributed by atoms with Crippen molar-refractivity contribution in [1.82, 2.24) is 0 Å². The molecule has 2 aliphatic heterocycles. The average molecular weight is 397 g/mol. The van der Waals surface area contributed by atoms with Crippen LogP contribution < -0.4 is 0 Å². The number of fused-ring (bicyclic) bond motifs is 1. The number of benzene rings is 1. The number of hydrogen-bond donors (Lipinski definition) is 0. The summed E-state index contributed by atoms with van der Waals surface area (Å²) in [5.74, 6) is 0.392. The highest BCUT2D eigenvalue weighted by Crippen LogP contribution is 2.42. The number of hydrogen-bond acceptors (Lipinski definition) is 7. The van der Waals surface area contributed by atoms with Gasteiger partial charge in [-0.1, -0.05) is 50.6 Å². The Morgan fingerprint density at radius 3 is 2.52 bits per heavy atom. The second-order valence-corrected chi connectivity index (χ2v) is 7.91. The zero-order valence-corrected chi connectivity index (χ0v) is 16.9. The van der Waals surface area contributed by atoms with Crippen LogP contribution in [0, 0.1) is 0 Å². The molecule has 1 aromatic carbocycles. The van der Waals surface area contributed by atoms with Gasteiger partial charge in [-0.25, -0.2) is 4.79 Å². The Morgan fingerprint density at radius 2 is 1.85 bits per heavy atom. The van der Waals surface area contributed by atoms with Crippen LogP contribution in [-0.2, 0) is 28.5 Å². The number of methoxy groups -OCH3 is 1. The molecule has 6 atom stereocenters. The largest absolute Gasteiger partial charge is 0.467 e. The average Bonchev–Trinajstić information content (AvgIpc) is 3.14. The van der Waals surface area contributed by atoms with E-state index in [1.165, 1.54) is 7.11 Å². The fraction of sp³-hybridized carbons (Fsp3) is 0.650. The molecule has 0 saturated carbocycles. The Morgan fingerprint density at radius 1 is 1.11 bits per heavy atom. The zero-order chi connectivity index (χ0) is 19.2. The van der Waals surface area contributed by atoms with Crippen LogP contribution in [-0.4, -0.2) is 55.3 Å². The van der Waals surface area contributed by atoms with Crippen molar-refractivity contribution >= 4 is 17.7 Å². The molecule has 0 bridgehead atoms. The maximum absolute atomic E-state index is 12.3. The van der Waals surface area contributed by atoms with Crippen LogP contribution in [0.2, 0.25) is 0 Å². The summed E-state index contributed by atoms with van der Waals surface area (Å²) in [4.78, 5) is 12.3. The quantitative estimate of drug-likeness (QED) is 0.493. The van der Waals surface area contributed by atoms with Gasteiger partial charge in [-0.05, 0) is 12.2 Å². The number of esters is 1. The third-order valence-electron chi connectivity index (χ3n) is 4.70. The van der Waals surface area contributed by atoms with Crippen molar-refractivity contribution in [2.75, 3.05) is 19.5 Å². The van der Waals surface area contributed by atoms with Crippen LogP contribution in [0.4, 0.5) is 0 Å². The van der Waals surface area contributed by atoms with Gasteiger partial charge >= 0.3 is 5.97 Å². The fourth-order valence-electron chi connectivity index (χ4n) is 3.34. The Kier molecular flexibility index (Phi) is 7.55. The summed E-state index contributed by atoms with van der Waals surface area (Å²) in [7, 11) is 1.36. The maximum Gasteiger partial charge on any atom is 0.337 e. The van der Waals surface area contributed by atoms with E-state index in [9.17, 15) is 4.79 Å². The molecule has 2 fully saturated rings. The molecule has 150 valence electrons. The number of ether oxygens (including phenoxy) is 5. The van der Waals surface area contributed by atoms with Gasteiger partial charge in [-0.2, -0.15) is 0 Å². The molecule has 0 spiro atoms. The minimum atomic E-state index is -0.830. The molecule has 0 N–H and O–H groups in total. The van der Waals surface area contributed by atoms with Gasteiger partial charge in [0.2, 0.25) is 0 Å². The van der Waals surface area contributed by atoms with Crippen LogP contribution in [0.1, 0.15) is 38.5 Å². The summed E-state index contributed by atoms with van der Waals surface area (Å²) in [5.41, 5.74) is 0.595. The summed E-state index contributed by atoms with van der Waals surface area (Å²) < 4.78 is 29.5. The Balaban J connectivity index is 1.84. The second-order valence-electron chi connectivity index (χ2n) is 6.54. The number of carbonyl (C=O) groups is 1. The molecule has 27 heavy (non-hydrogen) atoms. The van der Waals surface area contributed by atoms with E-state index in [4.69, 9.17) is 23.7 Å². The van der Waals surface area contributed by atoms with Gasteiger partial charge in [0.15, 0.2) is 12.4 Å². The molecule has 3 rings (SSSR count). The van der Waals surface area contributed by atoms with Crippen LogP contribution in [0.5, 0.6) is 0 Å². The van der Waals surface area contributed by atoms with E-state index in [2.05, 4.69) is 13.8 Å². The van der Waals surface area contributed by atoms with E-state index in [-0.39, 0.29) is 11.5 Å². The lowest BCUT2D eigenvalue weighted by atomic mass is 10.00. The highest BCUT2D eigenvalue weighted by Gasteiger charge is 2.56. The molecular weight excluding hydrogens is 368 g/mol. The molecule has 0 amide bonds. The number of unbranched alkanes of at least 4 members (excludes halogenated alkanes) is 1. The van der Waals surface area contributed by atoms with Crippen molar-refractivity contribution in [2.45, 2.75) is 62.8 Å². The molecule has 1 aromatic rings. The molecule has 0 aliphatic carbocycles. The highest BCUT2D eigenvalue weighted by molar-refractivity contribution is 7.99. The van der Waals surface area contributed by atoms with Gasteiger partial charge < -0.3 is 23.7 Å². The van der Waals surface area contributed by atoms with E-state index < -0.39 is 30.6 Å². The molecular formula is C20H28O6S. The van der Waals surface area contributed by atoms with Crippen LogP contribution in [0.15, 0.2) is 30.3 Å². The summed E-state index contributed by atoms with van der Waals surface area (Å²) in [5, 5.41) is 0. The van der Waals surface area contributed by atoms with Crippen molar-refractivity contribution in [3.63, 3.8) is 0 Å². The summed E-state index contributed by atoms with van der Waals surface area (Å²) in [6, 6.07) is 9.70. The van der Waals surface area contributed by atoms with Gasteiger partial charge in [0.05, 0.1) is 7.11 Å². The molecule has 6 nitrogen and oxygen atoms in total. The second kappa shape index (κ2) is 9.89. The maximum atomic E-state index is 12.3.